The number of nitrogens with zero attached hydrogens (tertiary/aromatic N) is 1. The maximum absolute atomic E-state index is 10.9. The highest BCUT2D eigenvalue weighted by molar-refractivity contribution is 7.84. The summed E-state index contributed by atoms with van der Waals surface area (Å²) in [7, 11) is -2.38. The summed E-state index contributed by atoms with van der Waals surface area (Å²) in [5.74, 6) is -0.650. The van der Waals surface area contributed by atoms with Crippen LogP contribution in [0.4, 0.5) is 5.69 Å². The Morgan fingerprint density at radius 1 is 1.26 bits per heavy atom. The predicted octanol–water partition coefficient (Wildman–Crippen LogP) is 1.52. The summed E-state index contributed by atoms with van der Waals surface area (Å²) in [6, 6.07) is 5.02. The zero-order valence-electron chi connectivity index (χ0n) is 11.4. The minimum Gasteiger partial charge on any atom is -0.748 e. The third-order valence-electron chi connectivity index (χ3n) is 3.61. The first kappa shape index (κ1) is 15.8. The Hall–Kier alpha value is -1.24. The number of quaternary nitrogens is 1. The molecule has 1 rings (SSSR count). The summed E-state index contributed by atoms with van der Waals surface area (Å²) < 4.78 is 33.3. The largest absolute Gasteiger partial charge is 0.748 e. The lowest BCUT2D eigenvalue weighted by atomic mass is 10.1. The van der Waals surface area contributed by atoms with Crippen molar-refractivity contribution >= 4 is 22.1 Å². The standard InChI is InChI=1S/C13H19NO4S/c1-4-14(3,5-2)13-7-6-11(9-15)12(8-13)10-19(16,17)18/h6-9H,4-5,10H2,1-3H3. The van der Waals surface area contributed by atoms with Crippen LogP contribution in [-0.4, -0.2) is 39.4 Å². The molecule has 0 N–H and O–H groups in total. The number of hydrogen-bond donors (Lipinski definition) is 0. The van der Waals surface area contributed by atoms with E-state index >= 15 is 0 Å². The van der Waals surface area contributed by atoms with E-state index in [1.807, 2.05) is 20.9 Å². The van der Waals surface area contributed by atoms with Crippen molar-refractivity contribution in [1.82, 2.24) is 4.48 Å². The van der Waals surface area contributed by atoms with Gasteiger partial charge in [0.1, 0.15) is 12.0 Å². The van der Waals surface area contributed by atoms with Crippen LogP contribution in [0.1, 0.15) is 29.8 Å². The molecule has 0 aliphatic carbocycles. The van der Waals surface area contributed by atoms with E-state index in [0.717, 1.165) is 18.8 Å². The van der Waals surface area contributed by atoms with Crippen molar-refractivity contribution in [3.8, 4) is 0 Å². The number of aldehydes is 1. The van der Waals surface area contributed by atoms with Gasteiger partial charge in [-0.25, -0.2) is 8.42 Å². The van der Waals surface area contributed by atoms with Crippen LogP contribution in [-0.2, 0) is 15.9 Å². The second-order valence-electron chi connectivity index (χ2n) is 4.73. The molecule has 19 heavy (non-hydrogen) atoms. The molecular weight excluding hydrogens is 266 g/mol. The second-order valence-corrected chi connectivity index (χ2v) is 6.14. The molecule has 0 spiro atoms. The zero-order valence-corrected chi connectivity index (χ0v) is 12.2. The number of carbonyl (C=O) groups excluding carboxylic acids is 1. The van der Waals surface area contributed by atoms with Crippen LogP contribution < -0.4 is 4.48 Å². The van der Waals surface area contributed by atoms with Gasteiger partial charge in [0.25, 0.3) is 0 Å². The molecule has 0 amide bonds. The Bertz CT molecular complexity index is 562. The highest BCUT2D eigenvalue weighted by Gasteiger charge is 2.21. The average Bonchev–Trinajstić information content (AvgIpc) is 2.36. The molecule has 0 radical (unpaired) electrons. The van der Waals surface area contributed by atoms with E-state index in [1.165, 1.54) is 0 Å². The molecule has 0 bridgehead atoms. The van der Waals surface area contributed by atoms with E-state index in [9.17, 15) is 17.8 Å². The van der Waals surface area contributed by atoms with Crippen LogP contribution in [0.3, 0.4) is 0 Å². The molecule has 6 heteroatoms. The number of carbonyl (C=O) groups is 1. The minimum absolute atomic E-state index is 0.252. The van der Waals surface area contributed by atoms with Crippen LogP contribution in [0, 0.1) is 0 Å². The molecule has 0 atom stereocenters. The molecule has 0 saturated carbocycles. The van der Waals surface area contributed by atoms with Gasteiger partial charge >= 0.3 is 0 Å². The molecular formula is C13H19NO4S. The van der Waals surface area contributed by atoms with Gasteiger partial charge in [-0.2, -0.15) is 0 Å². The molecule has 0 aliphatic rings. The Labute approximate surface area is 114 Å². The van der Waals surface area contributed by atoms with E-state index in [0.29, 0.717) is 10.8 Å². The minimum atomic E-state index is -4.40. The summed E-state index contributed by atoms with van der Waals surface area (Å²) in [6.45, 7) is 5.73. The fourth-order valence-corrected chi connectivity index (χ4v) is 2.58. The first-order chi connectivity index (χ1) is 8.75. The van der Waals surface area contributed by atoms with Gasteiger partial charge in [-0.15, -0.1) is 0 Å². The Kier molecular flexibility index (Phi) is 4.84. The van der Waals surface area contributed by atoms with Crippen molar-refractivity contribution in [1.29, 1.82) is 0 Å². The molecule has 1 aromatic carbocycles. The number of hydrogen-bond acceptors (Lipinski definition) is 4. The summed E-state index contributed by atoms with van der Waals surface area (Å²) in [5.41, 5.74) is 1.42. The highest BCUT2D eigenvalue weighted by Crippen LogP contribution is 2.24. The average molecular weight is 285 g/mol. The van der Waals surface area contributed by atoms with E-state index in [2.05, 4.69) is 0 Å². The molecule has 0 heterocycles. The monoisotopic (exact) mass is 285 g/mol. The third-order valence-corrected chi connectivity index (χ3v) is 4.27. The molecule has 106 valence electrons. The van der Waals surface area contributed by atoms with Gasteiger partial charge < -0.3 is 4.55 Å². The summed E-state index contributed by atoms with van der Waals surface area (Å²) >= 11 is 0. The van der Waals surface area contributed by atoms with Crippen molar-refractivity contribution in [3.63, 3.8) is 0 Å². The topological polar surface area (TPSA) is 74.3 Å². The lowest BCUT2D eigenvalue weighted by Crippen LogP contribution is -2.44. The lowest BCUT2D eigenvalue weighted by Gasteiger charge is -2.32. The van der Waals surface area contributed by atoms with E-state index in [1.54, 1.807) is 18.2 Å². The highest BCUT2D eigenvalue weighted by atomic mass is 32.2. The lowest BCUT2D eigenvalue weighted by molar-refractivity contribution is 0.112. The summed E-state index contributed by atoms with van der Waals surface area (Å²) in [4.78, 5) is 10.9. The quantitative estimate of drug-likeness (QED) is 0.451. The maximum atomic E-state index is 10.9. The van der Waals surface area contributed by atoms with Gasteiger partial charge in [0.15, 0.2) is 0 Å². The summed E-state index contributed by atoms with van der Waals surface area (Å²) in [5, 5.41) is 0. The molecule has 0 aromatic heterocycles. The Balaban J connectivity index is 3.33. The fraction of sp³-hybridized carbons (Fsp3) is 0.462. The molecule has 0 unspecified atom stereocenters. The van der Waals surface area contributed by atoms with Gasteiger partial charge in [0, 0.05) is 11.6 Å². The van der Waals surface area contributed by atoms with Crippen LogP contribution in [0.5, 0.6) is 0 Å². The van der Waals surface area contributed by atoms with Gasteiger partial charge in [-0.05, 0) is 31.5 Å². The van der Waals surface area contributed by atoms with Crippen molar-refractivity contribution < 1.29 is 17.8 Å². The maximum Gasteiger partial charge on any atom is 0.150 e. The Morgan fingerprint density at radius 3 is 2.26 bits per heavy atom. The first-order valence-electron chi connectivity index (χ1n) is 6.12. The Morgan fingerprint density at radius 2 is 1.84 bits per heavy atom. The van der Waals surface area contributed by atoms with Gasteiger partial charge in [-0.1, -0.05) is 0 Å². The molecule has 0 fully saturated rings. The van der Waals surface area contributed by atoms with Gasteiger partial charge in [-0.3, -0.25) is 9.28 Å². The van der Waals surface area contributed by atoms with Crippen LogP contribution >= 0.6 is 0 Å². The van der Waals surface area contributed by atoms with Crippen molar-refractivity contribution in [2.24, 2.45) is 0 Å². The SMILES string of the molecule is CC[N+](C)(CC)c1ccc(C=O)c(CS(=O)(=O)[O-])c1. The molecule has 0 saturated heterocycles. The zero-order chi connectivity index (χ0) is 14.7. The molecule has 1 aromatic rings. The third kappa shape index (κ3) is 3.86. The van der Waals surface area contributed by atoms with E-state index < -0.39 is 15.9 Å². The normalized spacial score (nSPS) is 12.4. The van der Waals surface area contributed by atoms with Crippen LogP contribution in [0.25, 0.3) is 0 Å². The number of rotatable bonds is 6. The fourth-order valence-electron chi connectivity index (χ4n) is 1.95. The van der Waals surface area contributed by atoms with Crippen molar-refractivity contribution in [2.75, 3.05) is 20.1 Å². The number of benzene rings is 1. The van der Waals surface area contributed by atoms with Gasteiger partial charge in [0.05, 0.1) is 36.0 Å². The van der Waals surface area contributed by atoms with Crippen LogP contribution in [0.15, 0.2) is 18.2 Å². The van der Waals surface area contributed by atoms with Crippen molar-refractivity contribution in [3.05, 3.63) is 29.3 Å². The van der Waals surface area contributed by atoms with Crippen molar-refractivity contribution in [2.45, 2.75) is 19.6 Å². The molecule has 0 aliphatic heterocycles. The van der Waals surface area contributed by atoms with E-state index in [-0.39, 0.29) is 11.1 Å². The predicted molar refractivity (Wildman–Crippen MR) is 74.0 cm³/mol. The first-order valence-corrected chi connectivity index (χ1v) is 7.70. The van der Waals surface area contributed by atoms with E-state index in [4.69, 9.17) is 0 Å². The smallest absolute Gasteiger partial charge is 0.150 e. The second kappa shape index (κ2) is 5.81. The molecule has 5 nitrogen and oxygen atoms in total. The summed E-state index contributed by atoms with van der Waals surface area (Å²) in [6.07, 6.45) is 0.576. The van der Waals surface area contributed by atoms with Gasteiger partial charge in [0.2, 0.25) is 0 Å². The van der Waals surface area contributed by atoms with Crippen LogP contribution in [0.2, 0.25) is 0 Å².